The third-order valence-electron chi connectivity index (χ3n) is 4.21. The summed E-state index contributed by atoms with van der Waals surface area (Å²) in [6.07, 6.45) is 0. The fourth-order valence-electron chi connectivity index (χ4n) is 2.95. The molecule has 2 heterocycles. The summed E-state index contributed by atoms with van der Waals surface area (Å²) in [5.41, 5.74) is 9.44. The molecule has 0 aromatic heterocycles. The predicted molar refractivity (Wildman–Crippen MR) is 100 cm³/mol. The number of alkyl halides is 1. The second-order valence-corrected chi connectivity index (χ2v) is 7.00. The molecule has 4 rings (SSSR count). The first-order valence-corrected chi connectivity index (χ1v) is 8.67. The van der Waals surface area contributed by atoms with Crippen LogP contribution in [-0.2, 0) is 0 Å². The first-order valence-electron chi connectivity index (χ1n) is 7.42. The molecule has 0 spiro atoms. The first kappa shape index (κ1) is 15.3. The van der Waals surface area contributed by atoms with Gasteiger partial charge >= 0.3 is 5.97 Å². The van der Waals surface area contributed by atoms with Crippen LogP contribution in [0.3, 0.4) is 0 Å². The van der Waals surface area contributed by atoms with Gasteiger partial charge in [0.2, 0.25) is 0 Å². The normalized spacial score (nSPS) is 21.5. The highest BCUT2D eigenvalue weighted by molar-refractivity contribution is 14.1. The number of carboxylic acids is 1. The SMILES string of the molecule is Nc1ccc(N2N=C3c4ccc(C(=O)O)cc4OC[C@H]3[C@H]2I)cc1. The maximum Gasteiger partial charge on any atom is 0.335 e. The molecule has 0 amide bonds. The average molecular weight is 435 g/mol. The van der Waals surface area contributed by atoms with Crippen molar-refractivity contribution in [2.45, 2.75) is 4.05 Å². The molecule has 2 atom stereocenters. The standard InChI is InChI=1S/C17H14IN3O3/c18-16-13-8-24-14-7-9(17(22)23)1-6-12(14)15(13)20-21(16)11-4-2-10(19)3-5-11/h1-7,13,16H,8,19H2,(H,22,23)/t13-,16+/m1/s1. The zero-order valence-corrected chi connectivity index (χ0v) is 14.7. The van der Waals surface area contributed by atoms with Gasteiger partial charge in [0, 0.05) is 11.3 Å². The summed E-state index contributed by atoms with van der Waals surface area (Å²) in [5.74, 6) is -0.258. The monoisotopic (exact) mass is 435 g/mol. The number of hydrogen-bond donors (Lipinski definition) is 2. The van der Waals surface area contributed by atoms with Crippen molar-refractivity contribution in [1.29, 1.82) is 0 Å². The smallest absolute Gasteiger partial charge is 0.335 e. The highest BCUT2D eigenvalue weighted by atomic mass is 127. The predicted octanol–water partition coefficient (Wildman–Crippen LogP) is 2.96. The Balaban J connectivity index is 1.74. The van der Waals surface area contributed by atoms with E-state index in [0.717, 1.165) is 17.0 Å². The van der Waals surface area contributed by atoms with Crippen LogP contribution in [0.15, 0.2) is 47.6 Å². The molecule has 0 fully saturated rings. The summed E-state index contributed by atoms with van der Waals surface area (Å²) < 4.78 is 5.93. The van der Waals surface area contributed by atoms with E-state index >= 15 is 0 Å². The van der Waals surface area contributed by atoms with Crippen LogP contribution >= 0.6 is 22.6 Å². The van der Waals surface area contributed by atoms with Gasteiger partial charge in [-0.3, -0.25) is 5.01 Å². The minimum absolute atomic E-state index is 0.119. The number of hydrazone groups is 1. The zero-order valence-electron chi connectivity index (χ0n) is 12.5. The number of anilines is 2. The van der Waals surface area contributed by atoms with Crippen molar-refractivity contribution in [2.24, 2.45) is 11.0 Å². The Labute approximate surface area is 152 Å². The number of aromatic carboxylic acids is 1. The highest BCUT2D eigenvalue weighted by Gasteiger charge is 2.41. The van der Waals surface area contributed by atoms with Gasteiger partial charge in [0.05, 0.1) is 29.5 Å². The zero-order chi connectivity index (χ0) is 16.8. The van der Waals surface area contributed by atoms with E-state index in [9.17, 15) is 4.79 Å². The lowest BCUT2D eigenvalue weighted by Crippen LogP contribution is -2.34. The minimum Gasteiger partial charge on any atom is -0.492 e. The van der Waals surface area contributed by atoms with Gasteiger partial charge in [-0.2, -0.15) is 5.10 Å². The van der Waals surface area contributed by atoms with Crippen molar-refractivity contribution in [3.8, 4) is 5.75 Å². The number of nitrogens with two attached hydrogens (primary N) is 1. The number of ether oxygens (including phenoxy) is 1. The van der Waals surface area contributed by atoms with Gasteiger partial charge in [-0.25, -0.2) is 4.79 Å². The van der Waals surface area contributed by atoms with Crippen LogP contribution < -0.4 is 15.5 Å². The van der Waals surface area contributed by atoms with E-state index in [1.807, 2.05) is 29.3 Å². The maximum atomic E-state index is 11.1. The van der Waals surface area contributed by atoms with E-state index in [1.54, 1.807) is 18.2 Å². The largest absolute Gasteiger partial charge is 0.492 e. The average Bonchev–Trinajstić information content (AvgIpc) is 2.92. The second-order valence-electron chi connectivity index (χ2n) is 5.73. The molecule has 2 aromatic rings. The number of hydrogen-bond acceptors (Lipinski definition) is 5. The fourth-order valence-corrected chi connectivity index (χ4v) is 3.95. The lowest BCUT2D eigenvalue weighted by Gasteiger charge is -2.26. The molecule has 0 radical (unpaired) electrons. The molecule has 122 valence electrons. The number of nitrogens with zero attached hydrogens (tertiary/aromatic N) is 2. The van der Waals surface area contributed by atoms with Crippen LogP contribution in [-0.4, -0.2) is 27.4 Å². The van der Waals surface area contributed by atoms with Crippen molar-refractivity contribution >= 4 is 45.6 Å². The molecule has 0 bridgehead atoms. The van der Waals surface area contributed by atoms with Crippen molar-refractivity contribution in [3.05, 3.63) is 53.6 Å². The Morgan fingerprint density at radius 3 is 2.75 bits per heavy atom. The van der Waals surface area contributed by atoms with Crippen LogP contribution in [0.1, 0.15) is 15.9 Å². The van der Waals surface area contributed by atoms with Gasteiger partial charge in [-0.05, 0) is 42.5 Å². The van der Waals surface area contributed by atoms with Gasteiger partial charge in [-0.1, -0.05) is 22.6 Å². The molecular weight excluding hydrogens is 421 g/mol. The highest BCUT2D eigenvalue weighted by Crippen LogP contribution is 2.40. The van der Waals surface area contributed by atoms with Crippen molar-refractivity contribution in [3.63, 3.8) is 0 Å². The van der Waals surface area contributed by atoms with Crippen molar-refractivity contribution < 1.29 is 14.6 Å². The fraction of sp³-hybridized carbons (Fsp3) is 0.176. The lowest BCUT2D eigenvalue weighted by molar-refractivity contribution is 0.0696. The maximum absolute atomic E-state index is 11.1. The van der Waals surface area contributed by atoms with Crippen LogP contribution in [0.4, 0.5) is 11.4 Å². The number of carboxylic acid groups (broad SMARTS) is 1. The summed E-state index contributed by atoms with van der Waals surface area (Å²) in [4.78, 5) is 11.1. The summed E-state index contributed by atoms with van der Waals surface area (Å²) >= 11 is 2.36. The second kappa shape index (κ2) is 5.66. The molecule has 2 aliphatic rings. The van der Waals surface area contributed by atoms with Crippen LogP contribution in [0.2, 0.25) is 0 Å². The number of halogens is 1. The topological polar surface area (TPSA) is 88.2 Å². The van der Waals surface area contributed by atoms with E-state index in [1.165, 1.54) is 0 Å². The number of rotatable bonds is 2. The Morgan fingerprint density at radius 2 is 2.04 bits per heavy atom. The molecule has 7 heteroatoms. The van der Waals surface area contributed by atoms with Gasteiger partial charge in [-0.15, -0.1) is 0 Å². The molecule has 3 N–H and O–H groups in total. The quantitative estimate of drug-likeness (QED) is 0.328. The van der Waals surface area contributed by atoms with Crippen LogP contribution in [0, 0.1) is 5.92 Å². The van der Waals surface area contributed by atoms with Crippen molar-refractivity contribution in [2.75, 3.05) is 17.3 Å². The first-order chi connectivity index (χ1) is 11.5. The molecule has 0 aliphatic carbocycles. The number of carbonyl (C=O) groups is 1. The van der Waals surface area contributed by atoms with E-state index in [0.29, 0.717) is 18.0 Å². The summed E-state index contributed by atoms with van der Waals surface area (Å²) in [6.45, 7) is 0.480. The van der Waals surface area contributed by atoms with E-state index in [-0.39, 0.29) is 15.5 Å². The molecule has 0 unspecified atom stereocenters. The van der Waals surface area contributed by atoms with E-state index in [4.69, 9.17) is 20.7 Å². The minimum atomic E-state index is -0.966. The van der Waals surface area contributed by atoms with Gasteiger partial charge in [0.25, 0.3) is 0 Å². The van der Waals surface area contributed by atoms with E-state index in [2.05, 4.69) is 22.6 Å². The molecule has 24 heavy (non-hydrogen) atoms. The Kier molecular flexibility index (Phi) is 3.60. The summed E-state index contributed by atoms with van der Waals surface area (Å²) in [6, 6.07) is 12.5. The number of benzene rings is 2. The van der Waals surface area contributed by atoms with Gasteiger partial charge in [0.1, 0.15) is 9.80 Å². The Hall–Kier alpha value is -2.29. The Bertz CT molecular complexity index is 851. The number of fused-ring (bicyclic) bond motifs is 3. The van der Waals surface area contributed by atoms with Crippen LogP contribution in [0.25, 0.3) is 0 Å². The molecule has 6 nitrogen and oxygen atoms in total. The van der Waals surface area contributed by atoms with Crippen LogP contribution in [0.5, 0.6) is 5.75 Å². The number of nitrogen functional groups attached to an aromatic ring is 1. The van der Waals surface area contributed by atoms with E-state index < -0.39 is 5.97 Å². The Morgan fingerprint density at radius 1 is 1.29 bits per heavy atom. The molecule has 0 saturated carbocycles. The summed E-state index contributed by atoms with van der Waals surface area (Å²) in [7, 11) is 0. The van der Waals surface area contributed by atoms with Gasteiger partial charge < -0.3 is 15.6 Å². The third kappa shape index (κ3) is 2.39. The van der Waals surface area contributed by atoms with Crippen molar-refractivity contribution in [1.82, 2.24) is 0 Å². The molecule has 2 aliphatic heterocycles. The van der Waals surface area contributed by atoms with Gasteiger partial charge in [0.15, 0.2) is 0 Å². The lowest BCUT2D eigenvalue weighted by atomic mass is 9.94. The molecule has 0 saturated heterocycles. The third-order valence-corrected chi connectivity index (χ3v) is 5.61. The molecular formula is C17H14IN3O3. The summed E-state index contributed by atoms with van der Waals surface area (Å²) in [5, 5.41) is 15.9. The molecule has 2 aromatic carbocycles.